The van der Waals surface area contributed by atoms with E-state index in [4.69, 9.17) is 0 Å². The first kappa shape index (κ1) is 22.6. The molecule has 4 nitrogen and oxygen atoms in total. The quantitative estimate of drug-likeness (QED) is 0.259. The number of Topliss-reactive ketones (excluding diaryl/α,β-unsaturated/α-hetero) is 1. The normalized spacial score (nSPS) is 12.6. The molecule has 4 heteroatoms. The Labute approximate surface area is 215 Å². The number of rotatable bonds is 7. The summed E-state index contributed by atoms with van der Waals surface area (Å²) in [5.41, 5.74) is 7.80. The third kappa shape index (κ3) is 4.57. The minimum atomic E-state index is -0.0573. The number of aromatic amines is 1. The van der Waals surface area contributed by atoms with Crippen LogP contribution >= 0.6 is 0 Å². The van der Waals surface area contributed by atoms with Crippen LogP contribution in [0.25, 0.3) is 17.0 Å². The molecule has 6 rings (SSSR count). The lowest BCUT2D eigenvalue weighted by Gasteiger charge is -2.08. The van der Waals surface area contributed by atoms with Crippen LogP contribution in [-0.2, 0) is 13.0 Å². The number of allylic oxidation sites excluding steroid dienone is 1. The summed E-state index contributed by atoms with van der Waals surface area (Å²) < 4.78 is 0. The van der Waals surface area contributed by atoms with Crippen molar-refractivity contribution >= 4 is 34.3 Å². The van der Waals surface area contributed by atoms with Crippen molar-refractivity contribution in [3.8, 4) is 0 Å². The molecule has 0 atom stereocenters. The molecule has 4 aromatic carbocycles. The van der Waals surface area contributed by atoms with Crippen LogP contribution in [0, 0.1) is 0 Å². The largest absolute Gasteiger partial charge is 0.361 e. The SMILES string of the molecule is O=C(c1cccc(CC(=O)c2cccc3[nH]ccc23)c1)c1ccc2c(c1)CN=C2/C=C/c1ccccc1. The minimum Gasteiger partial charge on any atom is -0.361 e. The number of hydrogen-bond donors (Lipinski definition) is 1. The molecule has 1 aromatic heterocycles. The molecule has 0 bridgehead atoms. The van der Waals surface area contributed by atoms with Crippen molar-refractivity contribution in [2.24, 2.45) is 4.99 Å². The van der Waals surface area contributed by atoms with Crippen molar-refractivity contribution in [2.75, 3.05) is 0 Å². The Bertz CT molecular complexity index is 1710. The highest BCUT2D eigenvalue weighted by molar-refractivity contribution is 6.15. The summed E-state index contributed by atoms with van der Waals surface area (Å²) >= 11 is 0. The molecular formula is C33H24N2O2. The highest BCUT2D eigenvalue weighted by Crippen LogP contribution is 2.24. The van der Waals surface area contributed by atoms with E-state index >= 15 is 0 Å². The highest BCUT2D eigenvalue weighted by atomic mass is 16.1. The third-order valence-electron chi connectivity index (χ3n) is 6.75. The van der Waals surface area contributed by atoms with Gasteiger partial charge in [-0.15, -0.1) is 0 Å². The first-order valence-corrected chi connectivity index (χ1v) is 12.3. The van der Waals surface area contributed by atoms with Gasteiger partial charge in [-0.1, -0.05) is 78.9 Å². The number of fused-ring (bicyclic) bond motifs is 2. The smallest absolute Gasteiger partial charge is 0.193 e. The molecule has 1 N–H and O–H groups in total. The Morgan fingerprint density at radius 2 is 1.65 bits per heavy atom. The summed E-state index contributed by atoms with van der Waals surface area (Å²) in [6.07, 6.45) is 6.15. The standard InChI is InChI=1S/C33H24N2O2/c36-32(29-10-5-11-30-28(29)16-17-34-30)19-23-8-4-9-24(18-23)33(37)25-13-14-27-26(20-25)21-35-31(27)15-12-22-6-2-1-3-7-22/h1-18,20,34H,19,21H2/b15-12+. The lowest BCUT2D eigenvalue weighted by Crippen LogP contribution is -2.07. The predicted octanol–water partition coefficient (Wildman–Crippen LogP) is 6.84. The molecule has 0 unspecified atom stereocenters. The van der Waals surface area contributed by atoms with E-state index in [9.17, 15) is 9.59 Å². The Kier molecular flexibility index (Phi) is 5.91. The van der Waals surface area contributed by atoms with Gasteiger partial charge in [-0.3, -0.25) is 14.6 Å². The number of H-pyrrole nitrogens is 1. The summed E-state index contributed by atoms with van der Waals surface area (Å²) in [6.45, 7) is 0.560. The number of ketones is 2. The van der Waals surface area contributed by atoms with Gasteiger partial charge in [0.25, 0.3) is 0 Å². The van der Waals surface area contributed by atoms with E-state index in [1.165, 1.54) is 0 Å². The lowest BCUT2D eigenvalue weighted by atomic mass is 9.95. The van der Waals surface area contributed by atoms with Gasteiger partial charge in [0.2, 0.25) is 0 Å². The van der Waals surface area contributed by atoms with Gasteiger partial charge in [0.05, 0.1) is 12.3 Å². The van der Waals surface area contributed by atoms with Crippen LogP contribution in [0.5, 0.6) is 0 Å². The molecule has 1 aliphatic heterocycles. The van der Waals surface area contributed by atoms with Gasteiger partial charge >= 0.3 is 0 Å². The zero-order valence-electron chi connectivity index (χ0n) is 20.1. The topological polar surface area (TPSA) is 62.3 Å². The van der Waals surface area contributed by atoms with E-state index in [0.29, 0.717) is 23.2 Å². The highest BCUT2D eigenvalue weighted by Gasteiger charge is 2.18. The Hall–Kier alpha value is -4.83. The molecule has 0 amide bonds. The number of nitrogens with zero attached hydrogens (tertiary/aromatic N) is 1. The molecule has 0 saturated heterocycles. The monoisotopic (exact) mass is 480 g/mol. The molecule has 0 aliphatic carbocycles. The summed E-state index contributed by atoms with van der Waals surface area (Å²) in [5.74, 6) is -0.0290. The summed E-state index contributed by atoms with van der Waals surface area (Å²) in [7, 11) is 0. The van der Waals surface area contributed by atoms with Crippen molar-refractivity contribution < 1.29 is 9.59 Å². The van der Waals surface area contributed by atoms with Crippen LogP contribution in [0.1, 0.15) is 48.5 Å². The zero-order chi connectivity index (χ0) is 25.2. The molecule has 0 fully saturated rings. The number of benzene rings is 4. The predicted molar refractivity (Wildman–Crippen MR) is 148 cm³/mol. The van der Waals surface area contributed by atoms with Crippen LogP contribution in [0.15, 0.2) is 114 Å². The van der Waals surface area contributed by atoms with E-state index in [1.807, 2.05) is 91.1 Å². The average molecular weight is 481 g/mol. The number of nitrogens with one attached hydrogen (secondary N) is 1. The first-order chi connectivity index (χ1) is 18.2. The van der Waals surface area contributed by atoms with Crippen LogP contribution in [0.3, 0.4) is 0 Å². The molecule has 0 saturated carbocycles. The third-order valence-corrected chi connectivity index (χ3v) is 6.75. The maximum absolute atomic E-state index is 13.3. The first-order valence-electron chi connectivity index (χ1n) is 12.3. The molecule has 0 spiro atoms. The van der Waals surface area contributed by atoms with Gasteiger partial charge in [-0.05, 0) is 47.0 Å². The van der Waals surface area contributed by atoms with Crippen LogP contribution < -0.4 is 0 Å². The van der Waals surface area contributed by atoms with Crippen molar-refractivity contribution in [1.29, 1.82) is 0 Å². The molecular weight excluding hydrogens is 456 g/mol. The Balaban J connectivity index is 1.19. The van der Waals surface area contributed by atoms with Gasteiger partial charge < -0.3 is 4.98 Å². The van der Waals surface area contributed by atoms with Gasteiger partial charge in [0.15, 0.2) is 11.6 Å². The fourth-order valence-electron chi connectivity index (χ4n) is 4.85. The Morgan fingerprint density at radius 3 is 2.54 bits per heavy atom. The number of carbonyl (C=O) groups excluding carboxylic acids is 2. The fraction of sp³-hybridized carbons (Fsp3) is 0.0606. The van der Waals surface area contributed by atoms with Crippen molar-refractivity contribution in [3.05, 3.63) is 148 Å². The van der Waals surface area contributed by atoms with Crippen molar-refractivity contribution in [2.45, 2.75) is 13.0 Å². The second kappa shape index (κ2) is 9.67. The molecule has 2 heterocycles. The van der Waals surface area contributed by atoms with E-state index in [-0.39, 0.29) is 18.0 Å². The molecule has 1 aliphatic rings. The van der Waals surface area contributed by atoms with E-state index in [1.54, 1.807) is 6.07 Å². The second-order valence-electron chi connectivity index (χ2n) is 9.19. The van der Waals surface area contributed by atoms with Crippen molar-refractivity contribution in [3.63, 3.8) is 0 Å². The van der Waals surface area contributed by atoms with Crippen LogP contribution in [-0.4, -0.2) is 22.3 Å². The number of hydrogen-bond acceptors (Lipinski definition) is 3. The minimum absolute atomic E-state index is 0.0283. The lowest BCUT2D eigenvalue weighted by molar-refractivity contribution is 0.0991. The molecule has 178 valence electrons. The summed E-state index contributed by atoms with van der Waals surface area (Å²) in [6, 6.07) is 30.9. The van der Waals surface area contributed by atoms with E-state index in [2.05, 4.69) is 28.2 Å². The number of aliphatic imine (C=N–C) groups is 1. The van der Waals surface area contributed by atoms with Crippen molar-refractivity contribution in [1.82, 2.24) is 4.98 Å². The fourth-order valence-corrected chi connectivity index (χ4v) is 4.85. The second-order valence-corrected chi connectivity index (χ2v) is 9.19. The van der Waals surface area contributed by atoms with Gasteiger partial charge in [0.1, 0.15) is 0 Å². The van der Waals surface area contributed by atoms with E-state index < -0.39 is 0 Å². The number of aromatic nitrogens is 1. The summed E-state index contributed by atoms with van der Waals surface area (Å²) in [4.78, 5) is 34.2. The maximum Gasteiger partial charge on any atom is 0.193 e. The Morgan fingerprint density at radius 1 is 0.811 bits per heavy atom. The molecule has 0 radical (unpaired) electrons. The molecule has 37 heavy (non-hydrogen) atoms. The van der Waals surface area contributed by atoms with E-state index in [0.717, 1.165) is 38.9 Å². The van der Waals surface area contributed by atoms with Gasteiger partial charge in [-0.25, -0.2) is 0 Å². The van der Waals surface area contributed by atoms with Crippen LogP contribution in [0.4, 0.5) is 0 Å². The molecule has 5 aromatic rings. The average Bonchev–Trinajstić information content (AvgIpc) is 3.59. The summed E-state index contributed by atoms with van der Waals surface area (Å²) in [5, 5.41) is 0.915. The van der Waals surface area contributed by atoms with Crippen LogP contribution in [0.2, 0.25) is 0 Å². The van der Waals surface area contributed by atoms with Gasteiger partial charge in [0, 0.05) is 45.8 Å². The number of carbonyl (C=O) groups is 2. The van der Waals surface area contributed by atoms with Gasteiger partial charge in [-0.2, -0.15) is 0 Å². The zero-order valence-corrected chi connectivity index (χ0v) is 20.1. The maximum atomic E-state index is 13.3.